The number of hydrogen-bond donors (Lipinski definition) is 4. The van der Waals surface area contributed by atoms with Gasteiger partial charge in [0.25, 0.3) is 0 Å². The van der Waals surface area contributed by atoms with Gasteiger partial charge in [0, 0.05) is 11.8 Å². The van der Waals surface area contributed by atoms with Crippen LogP contribution in [0.15, 0.2) is 6.20 Å². The number of pyridine rings is 1. The fourth-order valence-electron chi connectivity index (χ4n) is 1.14. The number of phosphoric acid groups is 1. The Balaban J connectivity index is 3.12. The van der Waals surface area contributed by atoms with Gasteiger partial charge < -0.3 is 20.0 Å². The van der Waals surface area contributed by atoms with Crippen LogP contribution >= 0.6 is 7.82 Å². The molecule has 0 fully saturated rings. The minimum Gasteiger partial charge on any atom is -0.505 e. The van der Waals surface area contributed by atoms with Gasteiger partial charge in [-0.2, -0.15) is 0 Å². The number of phosphoric ester groups is 1. The fourth-order valence-corrected chi connectivity index (χ4v) is 1.44. The Morgan fingerprint density at radius 3 is 2.59 bits per heavy atom. The van der Waals surface area contributed by atoms with Crippen molar-refractivity contribution in [2.45, 2.75) is 13.5 Å². The minimum atomic E-state index is -4.71. The Hall–Kier alpha value is -1.47. The van der Waals surface area contributed by atoms with Crippen LogP contribution in [-0.4, -0.2) is 31.0 Å². The summed E-state index contributed by atoms with van der Waals surface area (Å²) in [6.07, 6.45) is 1.08. The summed E-state index contributed by atoms with van der Waals surface area (Å²) in [7, 11) is -4.71. The number of carboxylic acid groups (broad SMARTS) is 1. The van der Waals surface area contributed by atoms with Crippen molar-refractivity contribution in [2.24, 2.45) is 0 Å². The highest BCUT2D eigenvalue weighted by atomic mass is 31.2. The lowest BCUT2D eigenvalue weighted by Gasteiger charge is -2.10. The summed E-state index contributed by atoms with van der Waals surface area (Å²) in [6, 6.07) is 0. The SMILES string of the molecule is Cc1ncc(COP(=O)(O)O)c(C(=O)O)c1O. The van der Waals surface area contributed by atoms with Crippen molar-refractivity contribution in [1.29, 1.82) is 0 Å². The molecule has 17 heavy (non-hydrogen) atoms. The van der Waals surface area contributed by atoms with E-state index < -0.39 is 31.7 Å². The molecule has 0 saturated heterocycles. The summed E-state index contributed by atoms with van der Waals surface area (Å²) in [5.74, 6) is -1.98. The smallest absolute Gasteiger partial charge is 0.469 e. The van der Waals surface area contributed by atoms with Crippen molar-refractivity contribution in [3.05, 3.63) is 23.0 Å². The molecule has 0 bridgehead atoms. The molecule has 0 radical (unpaired) electrons. The van der Waals surface area contributed by atoms with Gasteiger partial charge in [-0.25, -0.2) is 9.36 Å². The number of aromatic nitrogens is 1. The zero-order valence-corrected chi connectivity index (χ0v) is 9.59. The van der Waals surface area contributed by atoms with Gasteiger partial charge >= 0.3 is 13.8 Å². The Labute approximate surface area is 95.7 Å². The number of hydrogen-bond acceptors (Lipinski definition) is 5. The van der Waals surface area contributed by atoms with E-state index in [9.17, 15) is 14.5 Å². The Morgan fingerprint density at radius 1 is 1.53 bits per heavy atom. The van der Waals surface area contributed by atoms with E-state index in [4.69, 9.17) is 14.9 Å². The van der Waals surface area contributed by atoms with Gasteiger partial charge in [0.1, 0.15) is 5.56 Å². The molecule has 1 aromatic heterocycles. The molecule has 0 amide bonds. The largest absolute Gasteiger partial charge is 0.505 e. The van der Waals surface area contributed by atoms with Gasteiger partial charge in [-0.3, -0.25) is 9.51 Å². The quantitative estimate of drug-likeness (QED) is 0.573. The van der Waals surface area contributed by atoms with E-state index in [-0.39, 0.29) is 11.3 Å². The van der Waals surface area contributed by atoms with Crippen LogP contribution in [0.1, 0.15) is 21.6 Å². The fraction of sp³-hybridized carbons (Fsp3) is 0.250. The molecule has 1 rings (SSSR count). The Kier molecular flexibility index (Phi) is 3.84. The molecular formula is C8H10NO7P. The molecule has 9 heteroatoms. The van der Waals surface area contributed by atoms with Crippen LogP contribution < -0.4 is 0 Å². The zero-order valence-electron chi connectivity index (χ0n) is 8.69. The van der Waals surface area contributed by atoms with E-state index in [1.54, 1.807) is 0 Å². The van der Waals surface area contributed by atoms with Crippen molar-refractivity contribution in [1.82, 2.24) is 4.98 Å². The maximum absolute atomic E-state index is 10.9. The third kappa shape index (κ3) is 3.50. The number of aryl methyl sites for hydroxylation is 1. The molecule has 0 aliphatic rings. The lowest BCUT2D eigenvalue weighted by atomic mass is 10.1. The van der Waals surface area contributed by atoms with Gasteiger partial charge in [-0.05, 0) is 6.92 Å². The van der Waals surface area contributed by atoms with Gasteiger partial charge in [-0.15, -0.1) is 0 Å². The molecule has 0 unspecified atom stereocenters. The highest BCUT2D eigenvalue weighted by molar-refractivity contribution is 7.46. The molecule has 1 aromatic rings. The summed E-state index contributed by atoms with van der Waals surface area (Å²) in [5.41, 5.74) is -0.503. The van der Waals surface area contributed by atoms with E-state index in [2.05, 4.69) is 9.51 Å². The number of carboxylic acids is 1. The topological polar surface area (TPSA) is 137 Å². The van der Waals surface area contributed by atoms with Gasteiger partial charge in [0.2, 0.25) is 0 Å². The number of aromatic hydroxyl groups is 1. The average Bonchev–Trinajstić information content (AvgIpc) is 2.18. The molecule has 4 N–H and O–H groups in total. The maximum Gasteiger partial charge on any atom is 0.469 e. The van der Waals surface area contributed by atoms with E-state index in [0.717, 1.165) is 6.20 Å². The number of nitrogens with zero attached hydrogens (tertiary/aromatic N) is 1. The molecule has 0 aromatic carbocycles. The number of rotatable bonds is 4. The van der Waals surface area contributed by atoms with Crippen LogP contribution in [0.5, 0.6) is 5.75 Å². The average molecular weight is 263 g/mol. The molecule has 8 nitrogen and oxygen atoms in total. The monoisotopic (exact) mass is 263 g/mol. The Morgan fingerprint density at radius 2 is 2.12 bits per heavy atom. The molecule has 0 aliphatic heterocycles. The second-order valence-electron chi connectivity index (χ2n) is 3.16. The summed E-state index contributed by atoms with van der Waals surface area (Å²) in [4.78, 5) is 31.5. The zero-order chi connectivity index (χ0) is 13.2. The molecular weight excluding hydrogens is 253 g/mol. The Bertz CT molecular complexity index is 495. The maximum atomic E-state index is 10.9. The van der Waals surface area contributed by atoms with Gasteiger partial charge in [-0.1, -0.05) is 0 Å². The second kappa shape index (κ2) is 4.80. The second-order valence-corrected chi connectivity index (χ2v) is 4.40. The standard InChI is InChI=1S/C8H10NO7P/c1-4-7(10)6(8(11)12)5(2-9-4)3-16-17(13,14)15/h2,10H,3H2,1H3,(H,11,12)(H2,13,14,15). The predicted molar refractivity (Wildman–Crippen MR) is 54.4 cm³/mol. The van der Waals surface area contributed by atoms with Crippen LogP contribution in [0.4, 0.5) is 0 Å². The molecule has 1 heterocycles. The van der Waals surface area contributed by atoms with E-state index in [1.807, 2.05) is 0 Å². The van der Waals surface area contributed by atoms with E-state index >= 15 is 0 Å². The highest BCUT2D eigenvalue weighted by Gasteiger charge is 2.21. The minimum absolute atomic E-state index is 0.0994. The van der Waals surface area contributed by atoms with E-state index in [1.165, 1.54) is 6.92 Å². The lowest BCUT2D eigenvalue weighted by molar-refractivity contribution is 0.0688. The highest BCUT2D eigenvalue weighted by Crippen LogP contribution is 2.37. The molecule has 0 saturated carbocycles. The normalized spacial score (nSPS) is 11.5. The lowest BCUT2D eigenvalue weighted by Crippen LogP contribution is -2.06. The van der Waals surface area contributed by atoms with Gasteiger partial charge in [0.05, 0.1) is 12.3 Å². The van der Waals surface area contributed by atoms with Crippen molar-refractivity contribution < 1.29 is 33.9 Å². The predicted octanol–water partition coefficient (Wildman–Crippen LogP) is 0.403. The van der Waals surface area contributed by atoms with E-state index in [0.29, 0.717) is 0 Å². The van der Waals surface area contributed by atoms with Crippen LogP contribution in [0.3, 0.4) is 0 Å². The van der Waals surface area contributed by atoms with Gasteiger partial charge in [0.15, 0.2) is 5.75 Å². The summed E-state index contributed by atoms with van der Waals surface area (Å²) < 4.78 is 14.6. The number of aromatic carboxylic acids is 1. The first-order valence-electron chi connectivity index (χ1n) is 4.33. The molecule has 0 atom stereocenters. The summed E-state index contributed by atoms with van der Waals surface area (Å²) in [6.45, 7) is 0.738. The first kappa shape index (κ1) is 13.6. The molecule has 0 aliphatic carbocycles. The first-order valence-corrected chi connectivity index (χ1v) is 5.86. The first-order chi connectivity index (χ1) is 7.72. The van der Waals surface area contributed by atoms with Crippen molar-refractivity contribution >= 4 is 13.8 Å². The van der Waals surface area contributed by atoms with Crippen LogP contribution in [-0.2, 0) is 15.7 Å². The molecule has 94 valence electrons. The summed E-state index contributed by atoms with van der Waals surface area (Å²) in [5, 5.41) is 18.3. The van der Waals surface area contributed by atoms with Crippen LogP contribution in [0, 0.1) is 6.92 Å². The third-order valence-corrected chi connectivity index (χ3v) is 2.38. The van der Waals surface area contributed by atoms with Crippen molar-refractivity contribution in [2.75, 3.05) is 0 Å². The van der Waals surface area contributed by atoms with Crippen molar-refractivity contribution in [3.8, 4) is 5.75 Å². The van der Waals surface area contributed by atoms with Crippen LogP contribution in [0.25, 0.3) is 0 Å². The van der Waals surface area contributed by atoms with Crippen LogP contribution in [0.2, 0.25) is 0 Å². The van der Waals surface area contributed by atoms with Crippen molar-refractivity contribution in [3.63, 3.8) is 0 Å². The molecule has 0 spiro atoms. The number of carbonyl (C=O) groups is 1. The third-order valence-electron chi connectivity index (χ3n) is 1.92. The summed E-state index contributed by atoms with van der Waals surface area (Å²) >= 11 is 0.